The highest BCUT2D eigenvalue weighted by Gasteiger charge is 2.27. The Morgan fingerprint density at radius 1 is 0.800 bits per heavy atom. The van der Waals surface area contributed by atoms with Gasteiger partial charge in [-0.15, -0.1) is 0 Å². The highest BCUT2D eigenvalue weighted by atomic mass is 32.3. The molecule has 0 fully saturated rings. The second-order valence-corrected chi connectivity index (χ2v) is 9.47. The van der Waals surface area contributed by atoms with E-state index in [-0.39, 0.29) is 15.1 Å². The van der Waals surface area contributed by atoms with Crippen molar-refractivity contribution in [2.45, 2.75) is 0 Å². The molecular weight excluding hydrogens is 330 g/mol. The van der Waals surface area contributed by atoms with Crippen molar-refractivity contribution in [2.24, 2.45) is 0 Å². The summed E-state index contributed by atoms with van der Waals surface area (Å²) in [6, 6.07) is 4.56. The van der Waals surface area contributed by atoms with E-state index in [1.165, 1.54) is 0 Å². The van der Waals surface area contributed by atoms with Crippen molar-refractivity contribution in [2.75, 3.05) is 22.5 Å². The molecule has 0 aliphatic rings. The largest absolute Gasteiger partial charge is 0.383 e. The van der Waals surface area contributed by atoms with Crippen LogP contribution in [0.3, 0.4) is 0 Å². The van der Waals surface area contributed by atoms with E-state index in [1.54, 1.807) is 0 Å². The van der Waals surface area contributed by atoms with Crippen LogP contribution in [-0.4, -0.2) is 44.0 Å². The molecule has 0 bridgehead atoms. The fourth-order valence-corrected chi connectivity index (χ4v) is 4.86. The van der Waals surface area contributed by atoms with Gasteiger partial charge >= 0.3 is 10.1 Å². The number of rotatable bonds is 5. The molecule has 0 heterocycles. The topological polar surface area (TPSA) is 115 Å². The Balaban J connectivity index is 3.27. The molecule has 8 nitrogen and oxygen atoms in total. The van der Waals surface area contributed by atoms with E-state index in [4.69, 9.17) is 0 Å². The molecule has 0 saturated carbocycles. The molecule has 0 aliphatic heterocycles. The summed E-state index contributed by atoms with van der Waals surface area (Å²) in [5.41, 5.74) is -0.143. The average Bonchev–Trinajstić information content (AvgIpc) is 2.14. The first-order valence-electron chi connectivity index (χ1n) is 5.01. The molecule has 0 aliphatic carbocycles. The van der Waals surface area contributed by atoms with Gasteiger partial charge in [0, 0.05) is 0 Å². The summed E-state index contributed by atoms with van der Waals surface area (Å²) in [5, 5.41) is 0. The van der Waals surface area contributed by atoms with Gasteiger partial charge in [-0.1, -0.05) is 0 Å². The molecule has 0 saturated heterocycles. The zero-order valence-electron chi connectivity index (χ0n) is 10.8. The molecular formula is C9H13NO7S3. The van der Waals surface area contributed by atoms with E-state index in [0.29, 0.717) is 0 Å². The number of sulfonamides is 2. The van der Waals surface area contributed by atoms with Gasteiger partial charge in [0.2, 0.25) is 20.0 Å². The third-order valence-electron chi connectivity index (χ3n) is 1.90. The van der Waals surface area contributed by atoms with E-state index in [9.17, 15) is 25.3 Å². The van der Waals surface area contributed by atoms with Crippen molar-refractivity contribution in [3.05, 3.63) is 24.3 Å². The van der Waals surface area contributed by atoms with Crippen molar-refractivity contribution in [1.82, 2.24) is 0 Å². The Morgan fingerprint density at radius 3 is 1.50 bits per heavy atom. The molecule has 0 N–H and O–H groups in total. The van der Waals surface area contributed by atoms with Crippen LogP contribution in [0.4, 0.5) is 5.69 Å². The zero-order chi connectivity index (χ0) is 15.8. The molecule has 0 aromatic heterocycles. The van der Waals surface area contributed by atoms with Crippen LogP contribution in [0.1, 0.15) is 0 Å². The minimum Gasteiger partial charge on any atom is -0.383 e. The molecule has 11 heteroatoms. The molecule has 1 aromatic carbocycles. The number of nitrogens with zero attached hydrogens (tertiary/aromatic N) is 1. The van der Waals surface area contributed by atoms with Crippen LogP contribution >= 0.6 is 0 Å². The van der Waals surface area contributed by atoms with Crippen LogP contribution < -0.4 is 7.89 Å². The molecule has 0 atom stereocenters. The number of benzene rings is 1. The summed E-state index contributed by atoms with van der Waals surface area (Å²) in [7, 11) is -11.8. The highest BCUT2D eigenvalue weighted by molar-refractivity contribution is 8.09. The van der Waals surface area contributed by atoms with Gasteiger partial charge in [0.1, 0.15) is 5.75 Å². The Morgan fingerprint density at radius 2 is 1.20 bits per heavy atom. The SMILES string of the molecule is CS(=O)(=O)Oc1ccc(N(S(C)(=O)=O)S(C)(=O)=O)cc1. The second-order valence-electron chi connectivity index (χ2n) is 4.00. The van der Waals surface area contributed by atoms with E-state index in [1.807, 2.05) is 0 Å². The maximum Gasteiger partial charge on any atom is 0.306 e. The van der Waals surface area contributed by atoms with Crippen molar-refractivity contribution in [1.29, 1.82) is 0 Å². The van der Waals surface area contributed by atoms with Crippen molar-refractivity contribution >= 4 is 35.9 Å². The molecule has 0 amide bonds. The van der Waals surface area contributed by atoms with Gasteiger partial charge in [-0.05, 0) is 24.3 Å². The van der Waals surface area contributed by atoms with Gasteiger partial charge < -0.3 is 4.18 Å². The lowest BCUT2D eigenvalue weighted by Gasteiger charge is -2.19. The molecule has 1 rings (SSSR count). The molecule has 0 radical (unpaired) electrons. The summed E-state index contributed by atoms with van der Waals surface area (Å²) >= 11 is 0. The fraction of sp³-hybridized carbons (Fsp3) is 0.333. The summed E-state index contributed by atoms with van der Waals surface area (Å²) in [6.07, 6.45) is 2.34. The lowest BCUT2D eigenvalue weighted by molar-refractivity contribution is 0.493. The van der Waals surface area contributed by atoms with Gasteiger partial charge in [0.05, 0.1) is 24.5 Å². The van der Waals surface area contributed by atoms with Crippen molar-refractivity contribution in [3.63, 3.8) is 0 Å². The van der Waals surface area contributed by atoms with Crippen molar-refractivity contribution < 1.29 is 29.4 Å². The molecule has 114 valence electrons. The number of hydrogen-bond acceptors (Lipinski definition) is 7. The highest BCUT2D eigenvalue weighted by Crippen LogP contribution is 2.24. The maximum atomic E-state index is 11.5. The standard InChI is InChI=1S/C9H13NO7S3/c1-18(11,12)10(19(2,13)14)8-4-6-9(7-5-8)17-20(3,15)16/h4-7H,1-3H3. The molecule has 1 aromatic rings. The molecule has 20 heavy (non-hydrogen) atoms. The lowest BCUT2D eigenvalue weighted by Crippen LogP contribution is -2.35. The summed E-state index contributed by atoms with van der Waals surface area (Å²) in [5.74, 6) is -0.0572. The Kier molecular flexibility index (Phi) is 4.36. The Hall–Kier alpha value is -1.33. The van der Waals surface area contributed by atoms with E-state index in [2.05, 4.69) is 4.18 Å². The third-order valence-corrected chi connectivity index (χ3v) is 5.64. The van der Waals surface area contributed by atoms with E-state index in [0.717, 1.165) is 43.0 Å². The lowest BCUT2D eigenvalue weighted by atomic mass is 10.3. The van der Waals surface area contributed by atoms with E-state index >= 15 is 0 Å². The predicted molar refractivity (Wildman–Crippen MR) is 74.1 cm³/mol. The zero-order valence-corrected chi connectivity index (χ0v) is 13.3. The monoisotopic (exact) mass is 343 g/mol. The van der Waals surface area contributed by atoms with Gasteiger partial charge in [0.15, 0.2) is 0 Å². The number of anilines is 1. The van der Waals surface area contributed by atoms with Crippen LogP contribution in [-0.2, 0) is 30.2 Å². The fourth-order valence-electron chi connectivity index (χ4n) is 1.43. The average molecular weight is 343 g/mol. The summed E-state index contributed by atoms with van der Waals surface area (Å²) < 4.78 is 72.7. The number of hydrogen-bond donors (Lipinski definition) is 0. The normalized spacial score (nSPS) is 12.9. The Bertz CT molecular complexity index is 760. The minimum absolute atomic E-state index is 0.0572. The Labute approximate surface area is 118 Å². The van der Waals surface area contributed by atoms with Crippen LogP contribution in [0.25, 0.3) is 0 Å². The quantitative estimate of drug-likeness (QED) is 0.677. The minimum atomic E-state index is -4.04. The summed E-state index contributed by atoms with van der Waals surface area (Å²) in [4.78, 5) is 0. The first-order valence-corrected chi connectivity index (χ1v) is 10.5. The van der Waals surface area contributed by atoms with Gasteiger partial charge in [-0.2, -0.15) is 12.1 Å². The van der Waals surface area contributed by atoms with Gasteiger partial charge in [-0.25, -0.2) is 16.8 Å². The third kappa shape index (κ3) is 4.65. The summed E-state index contributed by atoms with van der Waals surface area (Å²) in [6.45, 7) is 0. The van der Waals surface area contributed by atoms with Crippen LogP contribution in [0, 0.1) is 0 Å². The molecule has 0 spiro atoms. The van der Waals surface area contributed by atoms with Gasteiger partial charge in [0.25, 0.3) is 0 Å². The first kappa shape index (κ1) is 16.7. The molecule has 0 unspecified atom stereocenters. The van der Waals surface area contributed by atoms with Crippen LogP contribution in [0.5, 0.6) is 5.75 Å². The predicted octanol–water partition coefficient (Wildman–Crippen LogP) is -0.249. The first-order chi connectivity index (χ1) is 8.81. The second kappa shape index (κ2) is 5.22. The van der Waals surface area contributed by atoms with E-state index < -0.39 is 30.2 Å². The van der Waals surface area contributed by atoms with Gasteiger partial charge in [-0.3, -0.25) is 0 Å². The smallest absolute Gasteiger partial charge is 0.306 e. The van der Waals surface area contributed by atoms with Crippen molar-refractivity contribution in [3.8, 4) is 5.75 Å². The maximum absolute atomic E-state index is 11.5. The van der Waals surface area contributed by atoms with Crippen LogP contribution in [0.2, 0.25) is 0 Å². The van der Waals surface area contributed by atoms with Crippen LogP contribution in [0.15, 0.2) is 24.3 Å².